The number of fused-ring (bicyclic) bond motifs is 1. The number of nitrogens with zero attached hydrogens (tertiary/aromatic N) is 2. The van der Waals surface area contributed by atoms with Gasteiger partial charge in [0.05, 0.1) is 5.69 Å². The Hall–Kier alpha value is -1.86. The summed E-state index contributed by atoms with van der Waals surface area (Å²) in [4.78, 5) is 0. The lowest BCUT2D eigenvalue weighted by molar-refractivity contribution is 0.392. The Kier molecular flexibility index (Phi) is 3.46. The van der Waals surface area contributed by atoms with Crippen molar-refractivity contribution in [1.29, 1.82) is 0 Å². The van der Waals surface area contributed by atoms with Gasteiger partial charge in [0.15, 0.2) is 0 Å². The molecule has 6 nitrogen and oxygen atoms in total. The van der Waals surface area contributed by atoms with Crippen LogP contribution in [-0.2, 0) is 22.2 Å². The third kappa shape index (κ3) is 2.79. The number of anilines is 1. The molecular formula is C14H17N3O3S. The second-order valence-electron chi connectivity index (χ2n) is 5.31. The molecule has 112 valence electrons. The van der Waals surface area contributed by atoms with Crippen molar-refractivity contribution in [1.82, 2.24) is 5.16 Å². The van der Waals surface area contributed by atoms with Gasteiger partial charge >= 0.3 is 0 Å². The van der Waals surface area contributed by atoms with Crippen molar-refractivity contribution >= 4 is 15.7 Å². The quantitative estimate of drug-likeness (QED) is 0.920. The van der Waals surface area contributed by atoms with Gasteiger partial charge in [-0.3, -0.25) is 4.31 Å². The predicted octanol–water partition coefficient (Wildman–Crippen LogP) is 1.20. The van der Waals surface area contributed by atoms with Crippen LogP contribution in [0.3, 0.4) is 0 Å². The fraction of sp³-hybridized carbons (Fsp3) is 0.357. The molecule has 7 heteroatoms. The fourth-order valence-electron chi connectivity index (χ4n) is 2.60. The highest BCUT2D eigenvalue weighted by Crippen LogP contribution is 2.29. The topological polar surface area (TPSA) is 89.4 Å². The van der Waals surface area contributed by atoms with Crippen LogP contribution in [0.25, 0.3) is 0 Å². The van der Waals surface area contributed by atoms with Gasteiger partial charge in [0.25, 0.3) is 0 Å². The van der Waals surface area contributed by atoms with Crippen molar-refractivity contribution in [2.75, 3.05) is 10.8 Å². The van der Waals surface area contributed by atoms with Gasteiger partial charge in [-0.1, -0.05) is 23.4 Å². The van der Waals surface area contributed by atoms with E-state index in [0.29, 0.717) is 23.6 Å². The number of aromatic nitrogens is 1. The molecule has 0 spiro atoms. The molecule has 1 aliphatic rings. The molecular weight excluding hydrogens is 290 g/mol. The van der Waals surface area contributed by atoms with E-state index in [2.05, 4.69) is 5.16 Å². The van der Waals surface area contributed by atoms with Gasteiger partial charge in [-0.15, -0.1) is 0 Å². The molecule has 1 unspecified atom stereocenters. The molecule has 0 aliphatic carbocycles. The van der Waals surface area contributed by atoms with Gasteiger partial charge in [-0.05, 0) is 25.0 Å². The molecule has 0 radical (unpaired) electrons. The molecule has 1 aromatic carbocycles. The van der Waals surface area contributed by atoms with Crippen LogP contribution in [-0.4, -0.2) is 26.2 Å². The standard InChI is InChI=1S/C14H17N3O3S/c1-10-6-13(16-20-10)9-21(18,19)17-8-12(15)7-11-4-2-3-5-14(11)17/h2-6,12H,7-9,15H2,1H3. The van der Waals surface area contributed by atoms with Gasteiger partial charge in [-0.2, -0.15) is 0 Å². The highest BCUT2D eigenvalue weighted by Gasteiger charge is 2.31. The van der Waals surface area contributed by atoms with Gasteiger partial charge < -0.3 is 10.3 Å². The van der Waals surface area contributed by atoms with Crippen molar-refractivity contribution in [2.24, 2.45) is 5.73 Å². The minimum atomic E-state index is -3.54. The number of benzene rings is 1. The molecule has 0 fully saturated rings. The normalized spacial score (nSPS) is 18.6. The number of aryl methyl sites for hydroxylation is 1. The minimum absolute atomic E-state index is 0.189. The Morgan fingerprint density at radius 1 is 1.43 bits per heavy atom. The van der Waals surface area contributed by atoms with E-state index < -0.39 is 10.0 Å². The molecule has 2 N–H and O–H groups in total. The van der Waals surface area contributed by atoms with E-state index in [9.17, 15) is 8.42 Å². The minimum Gasteiger partial charge on any atom is -0.361 e. The average molecular weight is 307 g/mol. The van der Waals surface area contributed by atoms with Crippen LogP contribution in [0.1, 0.15) is 17.0 Å². The van der Waals surface area contributed by atoms with Crippen LogP contribution in [0.15, 0.2) is 34.9 Å². The van der Waals surface area contributed by atoms with Crippen LogP contribution in [0, 0.1) is 6.92 Å². The van der Waals surface area contributed by atoms with Gasteiger partial charge in [-0.25, -0.2) is 8.42 Å². The van der Waals surface area contributed by atoms with E-state index >= 15 is 0 Å². The van der Waals surface area contributed by atoms with Crippen molar-refractivity contribution in [3.05, 3.63) is 47.3 Å². The highest BCUT2D eigenvalue weighted by atomic mass is 32.2. The van der Waals surface area contributed by atoms with Gasteiger partial charge in [0.1, 0.15) is 17.2 Å². The maximum absolute atomic E-state index is 12.7. The predicted molar refractivity (Wildman–Crippen MR) is 79.3 cm³/mol. The number of rotatable bonds is 3. The monoisotopic (exact) mass is 307 g/mol. The number of para-hydroxylation sites is 1. The van der Waals surface area contributed by atoms with E-state index in [1.807, 2.05) is 24.3 Å². The summed E-state index contributed by atoms with van der Waals surface area (Å²) in [7, 11) is -3.54. The molecule has 2 heterocycles. The summed E-state index contributed by atoms with van der Waals surface area (Å²) in [5, 5.41) is 3.76. The molecule has 3 rings (SSSR count). The fourth-order valence-corrected chi connectivity index (χ4v) is 4.16. The number of hydrogen-bond donors (Lipinski definition) is 1. The second-order valence-corrected chi connectivity index (χ2v) is 7.20. The number of sulfonamides is 1. The lowest BCUT2D eigenvalue weighted by atomic mass is 10.0. The first-order valence-electron chi connectivity index (χ1n) is 6.72. The average Bonchev–Trinajstić information content (AvgIpc) is 2.82. The van der Waals surface area contributed by atoms with E-state index in [1.54, 1.807) is 13.0 Å². The lowest BCUT2D eigenvalue weighted by Gasteiger charge is -2.33. The summed E-state index contributed by atoms with van der Waals surface area (Å²) in [6, 6.07) is 8.88. The molecule has 1 atom stereocenters. The molecule has 0 saturated heterocycles. The van der Waals surface area contributed by atoms with E-state index in [4.69, 9.17) is 10.3 Å². The summed E-state index contributed by atoms with van der Waals surface area (Å²) in [5.41, 5.74) is 8.06. The summed E-state index contributed by atoms with van der Waals surface area (Å²) in [6.45, 7) is 2.02. The first-order valence-corrected chi connectivity index (χ1v) is 8.33. The van der Waals surface area contributed by atoms with Crippen LogP contribution in [0.5, 0.6) is 0 Å². The summed E-state index contributed by atoms with van der Waals surface area (Å²) < 4.78 is 31.6. The maximum atomic E-state index is 12.7. The third-order valence-electron chi connectivity index (χ3n) is 3.49. The lowest BCUT2D eigenvalue weighted by Crippen LogP contribution is -2.46. The number of hydrogen-bond acceptors (Lipinski definition) is 5. The summed E-state index contributed by atoms with van der Waals surface area (Å²) in [5.74, 6) is 0.404. The molecule has 0 saturated carbocycles. The third-order valence-corrected chi connectivity index (χ3v) is 5.16. The van der Waals surface area contributed by atoms with Gasteiger partial charge in [0, 0.05) is 18.7 Å². The van der Waals surface area contributed by atoms with E-state index in [-0.39, 0.29) is 18.3 Å². The van der Waals surface area contributed by atoms with Crippen molar-refractivity contribution in [3.8, 4) is 0 Å². The first kappa shape index (κ1) is 14.1. The SMILES string of the molecule is Cc1cc(CS(=O)(=O)N2CC(N)Cc3ccccc32)no1. The molecule has 21 heavy (non-hydrogen) atoms. The zero-order chi connectivity index (χ0) is 15.0. The Morgan fingerprint density at radius 3 is 2.90 bits per heavy atom. The maximum Gasteiger partial charge on any atom is 0.241 e. The van der Waals surface area contributed by atoms with E-state index in [1.165, 1.54) is 4.31 Å². The summed E-state index contributed by atoms with van der Waals surface area (Å²) in [6.07, 6.45) is 0.686. The second kappa shape index (κ2) is 5.16. The van der Waals surface area contributed by atoms with Crippen molar-refractivity contribution < 1.29 is 12.9 Å². The highest BCUT2D eigenvalue weighted by molar-refractivity contribution is 7.92. The molecule has 2 aromatic rings. The largest absolute Gasteiger partial charge is 0.361 e. The summed E-state index contributed by atoms with van der Waals surface area (Å²) >= 11 is 0. The van der Waals surface area contributed by atoms with Crippen LogP contribution in [0.4, 0.5) is 5.69 Å². The van der Waals surface area contributed by atoms with E-state index in [0.717, 1.165) is 5.56 Å². The molecule has 1 aromatic heterocycles. The van der Waals surface area contributed by atoms with Gasteiger partial charge in [0.2, 0.25) is 10.0 Å². The zero-order valence-corrected chi connectivity index (χ0v) is 12.5. The Morgan fingerprint density at radius 2 is 2.19 bits per heavy atom. The van der Waals surface area contributed by atoms with Crippen LogP contribution >= 0.6 is 0 Å². The van der Waals surface area contributed by atoms with Crippen LogP contribution in [0.2, 0.25) is 0 Å². The Balaban J connectivity index is 1.95. The molecule has 1 aliphatic heterocycles. The van der Waals surface area contributed by atoms with Crippen molar-refractivity contribution in [3.63, 3.8) is 0 Å². The number of nitrogens with two attached hydrogens (primary N) is 1. The first-order chi connectivity index (χ1) is 9.95. The smallest absolute Gasteiger partial charge is 0.241 e. The van der Waals surface area contributed by atoms with Crippen molar-refractivity contribution in [2.45, 2.75) is 25.1 Å². The van der Waals surface area contributed by atoms with Crippen LogP contribution < -0.4 is 10.0 Å². The Labute approximate surface area is 123 Å². The molecule has 0 amide bonds. The zero-order valence-electron chi connectivity index (χ0n) is 11.7. The molecule has 0 bridgehead atoms. The Bertz CT molecular complexity index is 754.